The molecule has 0 amide bonds. The third-order valence-electron chi connectivity index (χ3n) is 3.38. The molecule has 0 fully saturated rings. The zero-order valence-electron chi connectivity index (χ0n) is 11.4. The molecule has 0 saturated carbocycles. The van der Waals surface area contributed by atoms with Crippen molar-refractivity contribution < 1.29 is 8.78 Å². The molecule has 106 valence electrons. The molecule has 0 bridgehead atoms. The summed E-state index contributed by atoms with van der Waals surface area (Å²) in [7, 11) is 0. The van der Waals surface area contributed by atoms with Crippen molar-refractivity contribution in [1.29, 1.82) is 0 Å². The Morgan fingerprint density at radius 2 is 1.65 bits per heavy atom. The van der Waals surface area contributed by atoms with Gasteiger partial charge in [0, 0.05) is 10.9 Å². The van der Waals surface area contributed by atoms with Crippen LogP contribution in [0.5, 0.6) is 0 Å². The van der Waals surface area contributed by atoms with Crippen LogP contribution in [-0.2, 0) is 12.8 Å². The largest absolute Gasteiger partial charge is 0.207 e. The summed E-state index contributed by atoms with van der Waals surface area (Å²) < 4.78 is 27.4. The third-order valence-corrected chi connectivity index (χ3v) is 4.30. The smallest absolute Gasteiger partial charge is 0.129 e. The number of halogens is 3. The van der Waals surface area contributed by atoms with E-state index in [2.05, 4.69) is 28.1 Å². The highest BCUT2D eigenvalue weighted by Crippen LogP contribution is 2.21. The molecule has 3 heteroatoms. The minimum Gasteiger partial charge on any atom is -0.207 e. The Morgan fingerprint density at radius 1 is 1.00 bits per heavy atom. The van der Waals surface area contributed by atoms with E-state index in [0.717, 1.165) is 6.42 Å². The quantitative estimate of drug-likeness (QED) is 0.667. The van der Waals surface area contributed by atoms with Crippen molar-refractivity contribution in [3.63, 3.8) is 0 Å². The molecule has 0 nitrogen and oxygen atoms in total. The molecule has 0 aliphatic carbocycles. The molecule has 0 radical (unpaired) electrons. The summed E-state index contributed by atoms with van der Waals surface area (Å²) in [6.07, 6.45) is 1.21. The molecule has 2 rings (SSSR count). The van der Waals surface area contributed by atoms with Crippen LogP contribution in [-0.4, -0.2) is 5.33 Å². The highest BCUT2D eigenvalue weighted by molar-refractivity contribution is 9.09. The fourth-order valence-electron chi connectivity index (χ4n) is 2.37. The van der Waals surface area contributed by atoms with Gasteiger partial charge in [0.1, 0.15) is 11.6 Å². The molecule has 1 atom stereocenters. The van der Waals surface area contributed by atoms with E-state index in [1.165, 1.54) is 29.3 Å². The van der Waals surface area contributed by atoms with Gasteiger partial charge in [0.15, 0.2) is 0 Å². The summed E-state index contributed by atoms with van der Waals surface area (Å²) >= 11 is 3.45. The maximum atomic E-state index is 13.7. The van der Waals surface area contributed by atoms with E-state index in [4.69, 9.17) is 0 Å². The summed E-state index contributed by atoms with van der Waals surface area (Å²) in [4.78, 5) is 0. The van der Waals surface area contributed by atoms with Crippen molar-refractivity contribution in [2.24, 2.45) is 5.92 Å². The van der Waals surface area contributed by atoms with Gasteiger partial charge in [-0.05, 0) is 43.4 Å². The minimum atomic E-state index is -0.458. The van der Waals surface area contributed by atoms with E-state index >= 15 is 0 Å². The summed E-state index contributed by atoms with van der Waals surface area (Å²) in [6.45, 7) is 2.04. The number of hydrogen-bond acceptors (Lipinski definition) is 0. The molecule has 0 spiro atoms. The normalized spacial score (nSPS) is 12.4. The highest BCUT2D eigenvalue weighted by atomic mass is 79.9. The van der Waals surface area contributed by atoms with Crippen LogP contribution < -0.4 is 0 Å². The van der Waals surface area contributed by atoms with E-state index in [1.807, 2.05) is 19.1 Å². The molecule has 0 aliphatic rings. The molecule has 2 aromatic rings. The molecule has 0 N–H and O–H groups in total. The van der Waals surface area contributed by atoms with Gasteiger partial charge in [-0.3, -0.25) is 0 Å². The first-order valence-electron chi connectivity index (χ1n) is 6.64. The first kappa shape index (κ1) is 15.2. The number of aryl methyl sites for hydroxylation is 1. The number of alkyl halides is 1. The standard InChI is InChI=1S/C17H17BrF2/c1-12-4-2-5-13(8-12)9-14(11-18)10-15-16(19)6-3-7-17(15)20/h2-8,14H,9-11H2,1H3. The Morgan fingerprint density at radius 3 is 2.25 bits per heavy atom. The van der Waals surface area contributed by atoms with E-state index in [1.54, 1.807) is 0 Å². The zero-order chi connectivity index (χ0) is 14.5. The van der Waals surface area contributed by atoms with Gasteiger partial charge in [0.25, 0.3) is 0 Å². The second-order valence-corrected chi connectivity index (χ2v) is 5.77. The molecular weight excluding hydrogens is 322 g/mol. The Balaban J connectivity index is 2.13. The molecular formula is C17H17BrF2. The van der Waals surface area contributed by atoms with Crippen LogP contribution in [0, 0.1) is 24.5 Å². The highest BCUT2D eigenvalue weighted by Gasteiger charge is 2.15. The monoisotopic (exact) mass is 338 g/mol. The molecule has 0 aliphatic heterocycles. The molecule has 2 aromatic carbocycles. The first-order valence-corrected chi connectivity index (χ1v) is 7.76. The van der Waals surface area contributed by atoms with E-state index in [-0.39, 0.29) is 11.5 Å². The lowest BCUT2D eigenvalue weighted by Gasteiger charge is -2.15. The lowest BCUT2D eigenvalue weighted by molar-refractivity contribution is 0.510. The third kappa shape index (κ3) is 3.89. The van der Waals surface area contributed by atoms with Crippen LogP contribution in [0.2, 0.25) is 0 Å². The Labute approximate surface area is 127 Å². The lowest BCUT2D eigenvalue weighted by atomic mass is 9.93. The van der Waals surface area contributed by atoms with Gasteiger partial charge in [-0.25, -0.2) is 8.78 Å². The van der Waals surface area contributed by atoms with Crippen LogP contribution in [0.3, 0.4) is 0 Å². The lowest BCUT2D eigenvalue weighted by Crippen LogP contribution is -2.12. The summed E-state index contributed by atoms with van der Waals surface area (Å²) in [6, 6.07) is 12.3. The molecule has 0 aromatic heterocycles. The van der Waals surface area contributed by atoms with Gasteiger partial charge in [-0.15, -0.1) is 0 Å². The fraction of sp³-hybridized carbons (Fsp3) is 0.294. The average molecular weight is 339 g/mol. The predicted molar refractivity (Wildman–Crippen MR) is 82.2 cm³/mol. The second kappa shape index (κ2) is 6.98. The van der Waals surface area contributed by atoms with Gasteiger partial charge in [-0.2, -0.15) is 0 Å². The van der Waals surface area contributed by atoms with E-state index < -0.39 is 11.6 Å². The molecule has 0 heterocycles. The summed E-state index contributed by atoms with van der Waals surface area (Å²) in [5.41, 5.74) is 2.59. The number of hydrogen-bond donors (Lipinski definition) is 0. The summed E-state index contributed by atoms with van der Waals surface area (Å²) in [5.74, 6) is -0.747. The Kier molecular flexibility index (Phi) is 5.30. The van der Waals surface area contributed by atoms with Crippen LogP contribution in [0.25, 0.3) is 0 Å². The van der Waals surface area contributed by atoms with E-state index in [9.17, 15) is 8.78 Å². The van der Waals surface area contributed by atoms with Gasteiger partial charge in [-0.1, -0.05) is 51.8 Å². The van der Waals surface area contributed by atoms with Crippen molar-refractivity contribution in [3.05, 3.63) is 70.8 Å². The first-order chi connectivity index (χ1) is 9.60. The maximum absolute atomic E-state index is 13.7. The van der Waals surface area contributed by atoms with Crippen LogP contribution >= 0.6 is 15.9 Å². The van der Waals surface area contributed by atoms with Crippen molar-refractivity contribution >= 4 is 15.9 Å². The Bertz CT molecular complexity index is 561. The molecule has 1 unspecified atom stereocenters. The topological polar surface area (TPSA) is 0 Å². The van der Waals surface area contributed by atoms with Crippen molar-refractivity contribution in [2.45, 2.75) is 19.8 Å². The maximum Gasteiger partial charge on any atom is 0.129 e. The minimum absolute atomic E-state index is 0.170. The van der Waals surface area contributed by atoms with E-state index in [0.29, 0.717) is 11.8 Å². The summed E-state index contributed by atoms with van der Waals surface area (Å²) in [5, 5.41) is 0.717. The van der Waals surface area contributed by atoms with Crippen molar-refractivity contribution in [3.8, 4) is 0 Å². The van der Waals surface area contributed by atoms with Gasteiger partial charge in [0.05, 0.1) is 0 Å². The van der Waals surface area contributed by atoms with Gasteiger partial charge < -0.3 is 0 Å². The Hall–Kier alpha value is -1.22. The van der Waals surface area contributed by atoms with Crippen LogP contribution in [0.1, 0.15) is 16.7 Å². The number of benzene rings is 2. The fourth-order valence-corrected chi connectivity index (χ4v) is 2.83. The number of rotatable bonds is 5. The molecule has 0 saturated heterocycles. The molecule has 20 heavy (non-hydrogen) atoms. The van der Waals surface area contributed by atoms with Gasteiger partial charge in [0.2, 0.25) is 0 Å². The van der Waals surface area contributed by atoms with Crippen molar-refractivity contribution in [2.75, 3.05) is 5.33 Å². The SMILES string of the molecule is Cc1cccc(CC(CBr)Cc2c(F)cccc2F)c1. The van der Waals surface area contributed by atoms with Crippen LogP contribution in [0.15, 0.2) is 42.5 Å². The predicted octanol–water partition coefficient (Wildman–Crippen LogP) is 5.07. The van der Waals surface area contributed by atoms with Crippen molar-refractivity contribution in [1.82, 2.24) is 0 Å². The average Bonchev–Trinajstić information content (AvgIpc) is 2.42. The zero-order valence-corrected chi connectivity index (χ0v) is 13.0. The second-order valence-electron chi connectivity index (χ2n) is 5.12. The van der Waals surface area contributed by atoms with Gasteiger partial charge >= 0.3 is 0 Å². The van der Waals surface area contributed by atoms with Crippen LogP contribution in [0.4, 0.5) is 8.78 Å².